The molecule has 1 aliphatic heterocycles. The van der Waals surface area contributed by atoms with Gasteiger partial charge in [-0.1, -0.05) is 13.3 Å². The zero-order chi connectivity index (χ0) is 18.7. The van der Waals surface area contributed by atoms with Crippen LogP contribution >= 0.6 is 12.2 Å². The number of hydrogen-bond donors (Lipinski definition) is 2. The zero-order valence-corrected chi connectivity index (χ0v) is 16.7. The van der Waals surface area contributed by atoms with E-state index in [0.717, 1.165) is 25.1 Å². The molecular formula is C16H27N5O3S2. The van der Waals surface area contributed by atoms with Crippen LogP contribution in [0.3, 0.4) is 0 Å². The van der Waals surface area contributed by atoms with Crippen LogP contribution in [-0.4, -0.2) is 52.2 Å². The van der Waals surface area contributed by atoms with Crippen molar-refractivity contribution in [3.8, 4) is 0 Å². The first-order valence-corrected chi connectivity index (χ1v) is 11.4. The Balaban J connectivity index is 1.49. The highest BCUT2D eigenvalue weighted by Gasteiger charge is 2.31. The molecule has 26 heavy (non-hydrogen) atoms. The van der Waals surface area contributed by atoms with Crippen LogP contribution in [0.15, 0.2) is 0 Å². The molecule has 0 atom stereocenters. The molecule has 3 rings (SSSR count). The maximum Gasteiger partial charge on any atom is 0.223 e. The summed E-state index contributed by atoms with van der Waals surface area (Å²) in [5.41, 5.74) is 0. The molecule has 2 aliphatic rings. The average molecular weight is 402 g/mol. The summed E-state index contributed by atoms with van der Waals surface area (Å²) in [5, 5.41) is 9.94. The van der Waals surface area contributed by atoms with Crippen LogP contribution in [0.2, 0.25) is 0 Å². The monoisotopic (exact) mass is 401 g/mol. The van der Waals surface area contributed by atoms with Crippen molar-refractivity contribution in [1.29, 1.82) is 0 Å². The molecule has 2 N–H and O–H groups in total. The number of H-pyrrole nitrogens is 1. The van der Waals surface area contributed by atoms with E-state index in [2.05, 4.69) is 15.5 Å². The van der Waals surface area contributed by atoms with Crippen LogP contribution in [0.1, 0.15) is 57.3 Å². The van der Waals surface area contributed by atoms with Crippen LogP contribution in [0.4, 0.5) is 0 Å². The summed E-state index contributed by atoms with van der Waals surface area (Å²) < 4.78 is 28.6. The second-order valence-electron chi connectivity index (χ2n) is 7.11. The second kappa shape index (κ2) is 8.18. The van der Waals surface area contributed by atoms with Gasteiger partial charge in [-0.15, -0.1) is 0 Å². The van der Waals surface area contributed by atoms with Gasteiger partial charge in [-0.25, -0.2) is 12.7 Å². The van der Waals surface area contributed by atoms with Gasteiger partial charge in [0.1, 0.15) is 0 Å². The maximum absolute atomic E-state index is 12.5. The van der Waals surface area contributed by atoms with Gasteiger partial charge in [0.25, 0.3) is 0 Å². The van der Waals surface area contributed by atoms with Crippen molar-refractivity contribution < 1.29 is 13.2 Å². The topological polar surface area (TPSA) is 100 Å². The third-order valence-electron chi connectivity index (χ3n) is 5.08. The first kappa shape index (κ1) is 19.5. The Labute approximate surface area is 159 Å². The average Bonchev–Trinajstić information content (AvgIpc) is 3.40. The molecule has 146 valence electrons. The number of sulfonamides is 1. The lowest BCUT2D eigenvalue weighted by Crippen LogP contribution is -2.43. The zero-order valence-electron chi connectivity index (χ0n) is 15.1. The molecule has 1 saturated heterocycles. The van der Waals surface area contributed by atoms with Gasteiger partial charge < -0.3 is 5.32 Å². The van der Waals surface area contributed by atoms with Gasteiger partial charge in [-0.3, -0.25) is 14.5 Å². The van der Waals surface area contributed by atoms with Crippen molar-refractivity contribution in [3.63, 3.8) is 0 Å². The number of nitrogens with one attached hydrogen (secondary N) is 2. The van der Waals surface area contributed by atoms with Crippen molar-refractivity contribution in [2.75, 3.05) is 18.8 Å². The van der Waals surface area contributed by atoms with E-state index in [1.54, 1.807) is 0 Å². The minimum atomic E-state index is -3.18. The molecular weight excluding hydrogens is 374 g/mol. The molecule has 0 radical (unpaired) electrons. The Morgan fingerprint density at radius 3 is 2.62 bits per heavy atom. The molecule has 1 aliphatic carbocycles. The fourth-order valence-corrected chi connectivity index (χ4v) is 5.31. The molecule has 0 unspecified atom stereocenters. The summed E-state index contributed by atoms with van der Waals surface area (Å²) >= 11 is 5.24. The minimum Gasteiger partial charge on any atom is -0.349 e. The van der Waals surface area contributed by atoms with E-state index < -0.39 is 10.0 Å². The van der Waals surface area contributed by atoms with Gasteiger partial charge in [-0.05, 0) is 44.3 Å². The second-order valence-corrected chi connectivity index (χ2v) is 9.58. The molecule has 1 amide bonds. The highest BCUT2D eigenvalue weighted by molar-refractivity contribution is 7.89. The predicted octanol–water partition coefficient (Wildman–Crippen LogP) is 1.73. The molecule has 1 aromatic rings. The van der Waals surface area contributed by atoms with Crippen LogP contribution in [0.25, 0.3) is 0 Å². The first-order chi connectivity index (χ1) is 12.4. The molecule has 1 saturated carbocycles. The standard InChI is InChI=1S/C16H27N5O3S2/c1-2-3-10-26(23,24)20-8-6-12(7-9-20)15(22)17-11-14-18-19-16(25)21(14)13-4-5-13/h12-13H,2-11H2,1H3,(H,17,22)(H,19,25). The summed E-state index contributed by atoms with van der Waals surface area (Å²) in [6.45, 7) is 3.17. The number of hydrogen-bond acceptors (Lipinski definition) is 5. The Hall–Kier alpha value is -1.26. The number of piperidine rings is 1. The Bertz CT molecular complexity index is 789. The number of rotatable bonds is 8. The number of nitrogens with zero attached hydrogens (tertiary/aromatic N) is 3. The predicted molar refractivity (Wildman–Crippen MR) is 101 cm³/mol. The normalized spacial score (nSPS) is 19.6. The molecule has 2 fully saturated rings. The van der Waals surface area contributed by atoms with Crippen LogP contribution < -0.4 is 5.32 Å². The number of carbonyl (C=O) groups is 1. The van der Waals surface area contributed by atoms with E-state index in [9.17, 15) is 13.2 Å². The van der Waals surface area contributed by atoms with Gasteiger partial charge in [0, 0.05) is 25.0 Å². The van der Waals surface area contributed by atoms with Gasteiger partial charge in [-0.2, -0.15) is 5.10 Å². The number of unbranched alkanes of at least 4 members (excludes halogenated alkanes) is 1. The number of carbonyl (C=O) groups excluding carboxylic acids is 1. The Morgan fingerprint density at radius 2 is 2.00 bits per heavy atom. The third-order valence-corrected chi connectivity index (χ3v) is 7.33. The van der Waals surface area contributed by atoms with Crippen molar-refractivity contribution >= 4 is 28.1 Å². The minimum absolute atomic E-state index is 0.0353. The van der Waals surface area contributed by atoms with Gasteiger partial charge in [0.15, 0.2) is 10.6 Å². The van der Waals surface area contributed by atoms with Gasteiger partial charge in [0.05, 0.1) is 12.3 Å². The lowest BCUT2D eigenvalue weighted by molar-refractivity contribution is -0.126. The van der Waals surface area contributed by atoms with E-state index in [1.807, 2.05) is 11.5 Å². The number of aromatic amines is 1. The highest BCUT2D eigenvalue weighted by Crippen LogP contribution is 2.35. The summed E-state index contributed by atoms with van der Waals surface area (Å²) in [6, 6.07) is 0.407. The molecule has 0 aromatic carbocycles. The summed E-state index contributed by atoms with van der Waals surface area (Å²) in [6.07, 6.45) is 4.86. The summed E-state index contributed by atoms with van der Waals surface area (Å²) in [5.74, 6) is 0.769. The van der Waals surface area contributed by atoms with Crippen molar-refractivity contribution in [2.45, 2.75) is 58.0 Å². The lowest BCUT2D eigenvalue weighted by Gasteiger charge is -2.30. The fourth-order valence-electron chi connectivity index (χ4n) is 3.33. The van der Waals surface area contributed by atoms with Crippen molar-refractivity contribution in [2.24, 2.45) is 5.92 Å². The molecule has 8 nitrogen and oxygen atoms in total. The van der Waals surface area contributed by atoms with Crippen LogP contribution in [0.5, 0.6) is 0 Å². The van der Waals surface area contributed by atoms with E-state index in [-0.39, 0.29) is 17.6 Å². The molecule has 0 spiro atoms. The number of aromatic nitrogens is 3. The van der Waals surface area contributed by atoms with Gasteiger partial charge in [0.2, 0.25) is 15.9 Å². The first-order valence-electron chi connectivity index (χ1n) is 9.33. The summed E-state index contributed by atoms with van der Waals surface area (Å²) in [7, 11) is -3.18. The van der Waals surface area contributed by atoms with Crippen LogP contribution in [0, 0.1) is 10.7 Å². The number of amides is 1. The maximum atomic E-state index is 12.5. The molecule has 0 bridgehead atoms. The van der Waals surface area contributed by atoms with Gasteiger partial charge >= 0.3 is 0 Å². The smallest absolute Gasteiger partial charge is 0.223 e. The van der Waals surface area contributed by atoms with Crippen molar-refractivity contribution in [1.82, 2.24) is 24.4 Å². The molecule has 2 heterocycles. The largest absolute Gasteiger partial charge is 0.349 e. The quantitative estimate of drug-likeness (QED) is 0.646. The van der Waals surface area contributed by atoms with E-state index >= 15 is 0 Å². The fraction of sp³-hybridized carbons (Fsp3) is 0.812. The van der Waals surface area contributed by atoms with Crippen LogP contribution in [-0.2, 0) is 21.4 Å². The Kier molecular flexibility index (Phi) is 6.13. The molecule has 1 aromatic heterocycles. The SMILES string of the molecule is CCCCS(=O)(=O)N1CCC(C(=O)NCc2n[nH]c(=S)n2C2CC2)CC1. The summed E-state index contributed by atoms with van der Waals surface area (Å²) in [4.78, 5) is 12.5. The van der Waals surface area contributed by atoms with E-state index in [0.29, 0.717) is 49.7 Å². The Morgan fingerprint density at radius 1 is 1.31 bits per heavy atom. The van der Waals surface area contributed by atoms with Crippen molar-refractivity contribution in [3.05, 3.63) is 10.6 Å². The third kappa shape index (κ3) is 4.52. The molecule has 10 heteroatoms. The van der Waals surface area contributed by atoms with E-state index in [1.165, 1.54) is 4.31 Å². The highest BCUT2D eigenvalue weighted by atomic mass is 32.2. The lowest BCUT2D eigenvalue weighted by atomic mass is 9.97. The van der Waals surface area contributed by atoms with E-state index in [4.69, 9.17) is 12.2 Å².